The van der Waals surface area contributed by atoms with Gasteiger partial charge in [-0.15, -0.1) is 11.3 Å². The minimum atomic E-state index is -3.85. The number of thiazole rings is 1. The van der Waals surface area contributed by atoms with Gasteiger partial charge in [-0.25, -0.2) is 13.4 Å². The number of fused-ring (bicyclic) bond motifs is 1. The molecule has 4 heterocycles. The second kappa shape index (κ2) is 9.94. The number of nitrogens with zero attached hydrogens (tertiary/aromatic N) is 4. The number of rotatable bonds is 7. The molecule has 1 amide bonds. The number of para-hydroxylation sites is 1. The van der Waals surface area contributed by atoms with Gasteiger partial charge >= 0.3 is 0 Å². The second-order valence-corrected chi connectivity index (χ2v) is 13.1. The number of benzene rings is 1. The van der Waals surface area contributed by atoms with E-state index in [-0.39, 0.29) is 23.2 Å². The lowest BCUT2D eigenvalue weighted by molar-refractivity contribution is -0.121. The molecule has 5 rings (SSSR count). The summed E-state index contributed by atoms with van der Waals surface area (Å²) < 4.78 is 29.6. The number of thiophene rings is 1. The van der Waals surface area contributed by atoms with Crippen molar-refractivity contribution in [1.29, 1.82) is 0 Å². The molecule has 1 unspecified atom stereocenters. The molecule has 4 aromatic rings. The molecule has 3 aromatic heterocycles. The average Bonchev–Trinajstić information content (AvgIpc) is 3.62. The lowest BCUT2D eigenvalue weighted by Gasteiger charge is -2.28. The van der Waals surface area contributed by atoms with Gasteiger partial charge in [0.05, 0.1) is 21.1 Å². The Labute approximate surface area is 217 Å². The van der Waals surface area contributed by atoms with Crippen molar-refractivity contribution in [3.63, 3.8) is 0 Å². The van der Waals surface area contributed by atoms with Crippen molar-refractivity contribution in [2.75, 3.05) is 11.4 Å². The third kappa shape index (κ3) is 4.73. The third-order valence-electron chi connectivity index (χ3n) is 6.03. The van der Waals surface area contributed by atoms with Crippen LogP contribution in [0.25, 0.3) is 10.2 Å². The molecular weight excluding hydrogens is 524 g/mol. The monoisotopic (exact) mass is 546 g/mol. The molecule has 1 aliphatic heterocycles. The molecule has 0 bridgehead atoms. The summed E-state index contributed by atoms with van der Waals surface area (Å²) in [4.78, 5) is 24.7. The van der Waals surface area contributed by atoms with Gasteiger partial charge in [0, 0.05) is 18.9 Å². The van der Waals surface area contributed by atoms with E-state index in [4.69, 9.17) is 16.6 Å². The van der Waals surface area contributed by atoms with Crippen LogP contribution in [0.1, 0.15) is 30.9 Å². The number of carbonyl (C=O) groups is 1. The van der Waals surface area contributed by atoms with E-state index in [1.165, 1.54) is 21.7 Å². The number of amides is 1. The average molecular weight is 547 g/mol. The molecule has 1 saturated heterocycles. The normalized spacial score (nSPS) is 16.7. The highest BCUT2D eigenvalue weighted by molar-refractivity contribution is 7.91. The summed E-state index contributed by atoms with van der Waals surface area (Å²) in [5.74, 6) is -0.283. The summed E-state index contributed by atoms with van der Waals surface area (Å²) in [6.07, 6.45) is 5.27. The molecule has 0 spiro atoms. The quantitative estimate of drug-likeness (QED) is 0.312. The maximum absolute atomic E-state index is 14.0. The SMILES string of the molecule is CCc1cccc2sc(N(Cc3cccnc3)C(=O)C3CCCN3S(=O)(=O)c3ccc(Cl)s3)nc12. The third-order valence-corrected chi connectivity index (χ3v) is 10.7. The van der Waals surface area contributed by atoms with Crippen molar-refractivity contribution in [3.8, 4) is 0 Å². The molecule has 0 aliphatic carbocycles. The van der Waals surface area contributed by atoms with Crippen LogP contribution >= 0.6 is 34.3 Å². The summed E-state index contributed by atoms with van der Waals surface area (Å²) in [5.41, 5.74) is 2.83. The molecule has 35 heavy (non-hydrogen) atoms. The van der Waals surface area contributed by atoms with Crippen molar-refractivity contribution in [1.82, 2.24) is 14.3 Å². The molecule has 1 fully saturated rings. The van der Waals surface area contributed by atoms with Gasteiger partial charge in [0.1, 0.15) is 10.3 Å². The van der Waals surface area contributed by atoms with Crippen LogP contribution in [0.5, 0.6) is 0 Å². The highest BCUT2D eigenvalue weighted by atomic mass is 35.5. The van der Waals surface area contributed by atoms with E-state index in [0.29, 0.717) is 22.3 Å². The molecule has 1 atom stereocenters. The molecule has 7 nitrogen and oxygen atoms in total. The van der Waals surface area contributed by atoms with Gasteiger partial charge in [-0.2, -0.15) is 4.31 Å². The summed E-state index contributed by atoms with van der Waals surface area (Å²) in [5, 5.41) is 0.554. The van der Waals surface area contributed by atoms with Crippen LogP contribution in [0.3, 0.4) is 0 Å². The van der Waals surface area contributed by atoms with Gasteiger partial charge in [-0.3, -0.25) is 14.7 Å². The number of hydrogen-bond donors (Lipinski definition) is 0. The Morgan fingerprint density at radius 1 is 1.20 bits per heavy atom. The van der Waals surface area contributed by atoms with Crippen molar-refractivity contribution in [2.45, 2.75) is 43.0 Å². The summed E-state index contributed by atoms with van der Waals surface area (Å²) in [7, 11) is -3.85. The first kappa shape index (κ1) is 24.3. The fraction of sp³-hybridized carbons (Fsp3) is 0.292. The fourth-order valence-electron chi connectivity index (χ4n) is 4.32. The minimum Gasteiger partial charge on any atom is -0.282 e. The smallest absolute Gasteiger partial charge is 0.253 e. The highest BCUT2D eigenvalue weighted by Gasteiger charge is 2.42. The molecule has 11 heteroatoms. The number of aryl methyl sites for hydroxylation is 1. The maximum atomic E-state index is 14.0. The van der Waals surface area contributed by atoms with Gasteiger partial charge in [-0.05, 0) is 54.7 Å². The maximum Gasteiger partial charge on any atom is 0.253 e. The predicted octanol–water partition coefficient (Wildman–Crippen LogP) is 5.36. The number of sulfonamides is 1. The summed E-state index contributed by atoms with van der Waals surface area (Å²) in [6, 6.07) is 12.0. The van der Waals surface area contributed by atoms with Crippen LogP contribution in [0.15, 0.2) is 59.1 Å². The molecule has 1 aromatic carbocycles. The van der Waals surface area contributed by atoms with Crippen molar-refractivity contribution in [3.05, 3.63) is 70.3 Å². The predicted molar refractivity (Wildman–Crippen MR) is 141 cm³/mol. The van der Waals surface area contributed by atoms with Gasteiger partial charge in [-0.1, -0.05) is 48.1 Å². The molecule has 0 N–H and O–H groups in total. The van der Waals surface area contributed by atoms with Crippen LogP contribution in [-0.4, -0.2) is 41.2 Å². The van der Waals surface area contributed by atoms with Crippen LogP contribution in [-0.2, 0) is 27.8 Å². The number of anilines is 1. The van der Waals surface area contributed by atoms with Gasteiger partial charge in [0.25, 0.3) is 10.0 Å². The van der Waals surface area contributed by atoms with Crippen LogP contribution in [0.4, 0.5) is 5.13 Å². The number of pyridine rings is 1. The van der Waals surface area contributed by atoms with E-state index >= 15 is 0 Å². The van der Waals surface area contributed by atoms with E-state index in [2.05, 4.69) is 11.9 Å². The zero-order chi connectivity index (χ0) is 24.6. The Morgan fingerprint density at radius 2 is 2.06 bits per heavy atom. The zero-order valence-corrected chi connectivity index (χ0v) is 22.1. The first-order valence-corrected chi connectivity index (χ1v) is 14.7. The topological polar surface area (TPSA) is 83.5 Å². The fourth-order valence-corrected chi connectivity index (χ4v) is 8.60. The highest BCUT2D eigenvalue weighted by Crippen LogP contribution is 2.36. The van der Waals surface area contributed by atoms with Crippen LogP contribution < -0.4 is 4.90 Å². The molecule has 0 saturated carbocycles. The van der Waals surface area contributed by atoms with E-state index in [0.717, 1.165) is 39.1 Å². The summed E-state index contributed by atoms with van der Waals surface area (Å²) in [6.45, 7) is 2.61. The number of aromatic nitrogens is 2. The van der Waals surface area contributed by atoms with Gasteiger partial charge < -0.3 is 0 Å². The second-order valence-electron chi connectivity index (χ2n) is 8.23. The molecular formula is C24H23ClN4O3S3. The van der Waals surface area contributed by atoms with Crippen LogP contribution in [0, 0.1) is 0 Å². The Balaban J connectivity index is 1.54. The first-order valence-electron chi connectivity index (χ1n) is 11.2. The van der Waals surface area contributed by atoms with E-state index in [1.54, 1.807) is 23.4 Å². The Kier molecular flexibility index (Phi) is 6.91. The molecule has 182 valence electrons. The largest absolute Gasteiger partial charge is 0.282 e. The Hall–Kier alpha value is -2.37. The Bertz CT molecular complexity index is 1470. The van der Waals surface area contributed by atoms with Gasteiger partial charge in [0.2, 0.25) is 5.91 Å². The van der Waals surface area contributed by atoms with Crippen LogP contribution in [0.2, 0.25) is 4.34 Å². The molecule has 1 aliphatic rings. The van der Waals surface area contributed by atoms with E-state index in [9.17, 15) is 13.2 Å². The Morgan fingerprint density at radius 3 is 2.77 bits per heavy atom. The first-order chi connectivity index (χ1) is 16.9. The van der Waals surface area contributed by atoms with E-state index in [1.807, 2.05) is 30.3 Å². The van der Waals surface area contributed by atoms with Crippen molar-refractivity contribution >= 4 is 65.6 Å². The number of hydrogen-bond acceptors (Lipinski definition) is 7. The molecule has 0 radical (unpaired) electrons. The van der Waals surface area contributed by atoms with Crippen molar-refractivity contribution < 1.29 is 13.2 Å². The zero-order valence-electron chi connectivity index (χ0n) is 18.9. The number of carbonyl (C=O) groups excluding carboxylic acids is 1. The van der Waals surface area contributed by atoms with E-state index < -0.39 is 16.1 Å². The van der Waals surface area contributed by atoms with Gasteiger partial charge in [0.15, 0.2) is 5.13 Å². The van der Waals surface area contributed by atoms with Crippen molar-refractivity contribution in [2.24, 2.45) is 0 Å². The standard InChI is InChI=1S/C24H23ClN4O3S3/c1-2-17-7-3-9-19-22(17)27-24(33-19)28(15-16-6-4-12-26-14-16)23(30)18-8-5-13-29(18)35(31,32)21-11-10-20(25)34-21/h3-4,6-7,9-12,14,18H,2,5,8,13,15H2,1H3. The lowest BCUT2D eigenvalue weighted by Crippen LogP contribution is -2.47. The minimum absolute atomic E-state index is 0.147. The number of halogens is 1. The summed E-state index contributed by atoms with van der Waals surface area (Å²) >= 11 is 8.45. The lowest BCUT2D eigenvalue weighted by atomic mass is 10.1.